The second-order valence-corrected chi connectivity index (χ2v) is 3.63. The van der Waals surface area contributed by atoms with Crippen molar-refractivity contribution >= 4 is 32.9 Å². The van der Waals surface area contributed by atoms with E-state index in [0.29, 0.717) is 0 Å². The van der Waals surface area contributed by atoms with E-state index in [2.05, 4.69) is 10.1 Å². The van der Waals surface area contributed by atoms with Crippen LogP contribution in [0.1, 0.15) is 0 Å². The van der Waals surface area contributed by atoms with Crippen LogP contribution in [0.25, 0.3) is 15.9 Å². The predicted octanol–water partition coefficient (Wildman–Crippen LogP) is 1.53. The van der Waals surface area contributed by atoms with E-state index in [4.69, 9.17) is 5.73 Å². The Hall–Kier alpha value is -1.62. The Labute approximate surface area is 77.6 Å². The molecule has 0 amide bonds. The molecule has 0 aliphatic rings. The van der Waals surface area contributed by atoms with Gasteiger partial charge in [0.15, 0.2) is 5.65 Å². The average molecular weight is 190 g/mol. The Morgan fingerprint density at radius 2 is 2.31 bits per heavy atom. The van der Waals surface area contributed by atoms with Crippen molar-refractivity contribution < 1.29 is 0 Å². The van der Waals surface area contributed by atoms with Crippen LogP contribution >= 0.6 is 11.3 Å². The lowest BCUT2D eigenvalue weighted by atomic mass is 10.3. The quantitative estimate of drug-likeness (QED) is 0.584. The van der Waals surface area contributed by atoms with Gasteiger partial charge in [-0.05, 0) is 12.1 Å². The van der Waals surface area contributed by atoms with Gasteiger partial charge >= 0.3 is 0 Å². The molecule has 0 saturated carbocycles. The van der Waals surface area contributed by atoms with E-state index < -0.39 is 0 Å². The molecule has 4 nitrogen and oxygen atoms in total. The summed E-state index contributed by atoms with van der Waals surface area (Å²) in [5.41, 5.74) is 7.44. The molecule has 3 aromatic heterocycles. The molecule has 0 aromatic carbocycles. The molecule has 0 atom stereocenters. The van der Waals surface area contributed by atoms with Gasteiger partial charge in [-0.2, -0.15) is 5.10 Å². The highest BCUT2D eigenvalue weighted by atomic mass is 32.1. The van der Waals surface area contributed by atoms with Crippen LogP contribution < -0.4 is 5.73 Å². The summed E-state index contributed by atoms with van der Waals surface area (Å²) in [6.45, 7) is 0. The van der Waals surface area contributed by atoms with E-state index in [1.54, 1.807) is 22.2 Å². The molecule has 3 rings (SSSR count). The van der Waals surface area contributed by atoms with Gasteiger partial charge in [-0.3, -0.25) is 0 Å². The first-order valence-corrected chi connectivity index (χ1v) is 4.69. The van der Waals surface area contributed by atoms with Crippen LogP contribution in [0.4, 0.5) is 5.69 Å². The standard InChI is InChI=1S/C8H6N4S/c9-6-3-13-8-5(6)1-2-7-10-4-11-12(7)8/h1-4H,9H2. The van der Waals surface area contributed by atoms with Gasteiger partial charge in [-0.25, -0.2) is 9.50 Å². The molecular formula is C8H6N4S. The summed E-state index contributed by atoms with van der Waals surface area (Å²) in [6, 6.07) is 3.89. The van der Waals surface area contributed by atoms with E-state index in [0.717, 1.165) is 21.6 Å². The molecule has 3 heterocycles. The highest BCUT2D eigenvalue weighted by Crippen LogP contribution is 2.27. The number of nitrogen functional groups attached to an aromatic ring is 1. The molecule has 0 unspecified atom stereocenters. The minimum absolute atomic E-state index is 0.803. The number of anilines is 1. The first-order valence-electron chi connectivity index (χ1n) is 3.82. The normalized spacial score (nSPS) is 11.4. The number of aromatic nitrogens is 3. The first kappa shape index (κ1) is 6.85. The van der Waals surface area contributed by atoms with Crippen LogP contribution in [0.3, 0.4) is 0 Å². The monoisotopic (exact) mass is 190 g/mol. The fraction of sp³-hybridized carbons (Fsp3) is 0. The third-order valence-electron chi connectivity index (χ3n) is 2.00. The Morgan fingerprint density at radius 3 is 3.23 bits per heavy atom. The minimum Gasteiger partial charge on any atom is -0.398 e. The number of nitrogens with zero attached hydrogens (tertiary/aromatic N) is 3. The zero-order valence-electron chi connectivity index (χ0n) is 6.64. The van der Waals surface area contributed by atoms with Gasteiger partial charge in [-0.15, -0.1) is 11.3 Å². The smallest absolute Gasteiger partial charge is 0.156 e. The summed E-state index contributed by atoms with van der Waals surface area (Å²) < 4.78 is 1.80. The summed E-state index contributed by atoms with van der Waals surface area (Å²) in [5.74, 6) is 0. The molecule has 0 spiro atoms. The van der Waals surface area contributed by atoms with Crippen molar-refractivity contribution in [2.75, 3.05) is 5.73 Å². The molecule has 13 heavy (non-hydrogen) atoms. The van der Waals surface area contributed by atoms with Gasteiger partial charge in [0.25, 0.3) is 0 Å². The molecule has 0 aliphatic heterocycles. The lowest BCUT2D eigenvalue weighted by Gasteiger charge is -1.93. The molecule has 2 N–H and O–H groups in total. The van der Waals surface area contributed by atoms with E-state index >= 15 is 0 Å². The van der Waals surface area contributed by atoms with Crippen molar-refractivity contribution in [3.05, 3.63) is 23.8 Å². The SMILES string of the molecule is Nc1csc2c1ccc1ncnn12. The molecule has 3 aromatic rings. The molecular weight excluding hydrogens is 184 g/mol. The largest absolute Gasteiger partial charge is 0.398 e. The number of rotatable bonds is 0. The molecule has 5 heteroatoms. The molecule has 0 saturated heterocycles. The molecule has 0 bridgehead atoms. The molecule has 0 fully saturated rings. The number of thiophene rings is 1. The Morgan fingerprint density at radius 1 is 1.38 bits per heavy atom. The summed E-state index contributed by atoms with van der Waals surface area (Å²) in [4.78, 5) is 5.14. The van der Waals surface area contributed by atoms with Gasteiger partial charge in [-0.1, -0.05) is 0 Å². The minimum atomic E-state index is 0.803. The number of pyridine rings is 1. The van der Waals surface area contributed by atoms with Crippen LogP contribution in [0.15, 0.2) is 23.8 Å². The van der Waals surface area contributed by atoms with Crippen LogP contribution in [0, 0.1) is 0 Å². The zero-order valence-corrected chi connectivity index (χ0v) is 7.45. The van der Waals surface area contributed by atoms with Gasteiger partial charge in [0.1, 0.15) is 11.2 Å². The summed E-state index contributed by atoms with van der Waals surface area (Å²) in [5, 5.41) is 7.09. The summed E-state index contributed by atoms with van der Waals surface area (Å²) >= 11 is 1.58. The molecule has 64 valence electrons. The summed E-state index contributed by atoms with van der Waals surface area (Å²) in [6.07, 6.45) is 1.55. The van der Waals surface area contributed by atoms with Crippen molar-refractivity contribution in [1.82, 2.24) is 14.6 Å². The molecule has 0 aliphatic carbocycles. The van der Waals surface area contributed by atoms with Crippen molar-refractivity contribution in [1.29, 1.82) is 0 Å². The first-order chi connectivity index (χ1) is 6.36. The average Bonchev–Trinajstić information content (AvgIpc) is 2.70. The Balaban J connectivity index is 2.66. The fourth-order valence-electron chi connectivity index (χ4n) is 1.38. The number of hydrogen-bond acceptors (Lipinski definition) is 4. The lowest BCUT2D eigenvalue weighted by Crippen LogP contribution is -1.87. The van der Waals surface area contributed by atoms with Crippen LogP contribution in [0.5, 0.6) is 0 Å². The summed E-state index contributed by atoms with van der Waals surface area (Å²) in [7, 11) is 0. The van der Waals surface area contributed by atoms with Crippen LogP contribution in [-0.4, -0.2) is 14.6 Å². The zero-order chi connectivity index (χ0) is 8.84. The third-order valence-corrected chi connectivity index (χ3v) is 2.99. The number of fused-ring (bicyclic) bond motifs is 3. The van der Waals surface area contributed by atoms with E-state index in [9.17, 15) is 0 Å². The third kappa shape index (κ3) is 0.790. The fourth-order valence-corrected chi connectivity index (χ4v) is 2.30. The maximum Gasteiger partial charge on any atom is 0.156 e. The maximum absolute atomic E-state index is 5.78. The highest BCUT2D eigenvalue weighted by molar-refractivity contribution is 7.17. The second kappa shape index (κ2) is 2.20. The Bertz CT molecular complexity index is 580. The predicted molar refractivity (Wildman–Crippen MR) is 52.8 cm³/mol. The van der Waals surface area contributed by atoms with Gasteiger partial charge in [0, 0.05) is 10.8 Å². The van der Waals surface area contributed by atoms with E-state index in [-0.39, 0.29) is 0 Å². The van der Waals surface area contributed by atoms with Gasteiger partial charge in [0.2, 0.25) is 0 Å². The highest BCUT2D eigenvalue weighted by Gasteiger charge is 2.05. The topological polar surface area (TPSA) is 56.2 Å². The van der Waals surface area contributed by atoms with Crippen molar-refractivity contribution in [3.63, 3.8) is 0 Å². The lowest BCUT2D eigenvalue weighted by molar-refractivity contribution is 1.01. The van der Waals surface area contributed by atoms with Crippen LogP contribution in [-0.2, 0) is 0 Å². The van der Waals surface area contributed by atoms with E-state index in [1.165, 1.54) is 0 Å². The Kier molecular flexibility index (Phi) is 1.16. The van der Waals surface area contributed by atoms with Crippen LogP contribution in [0.2, 0.25) is 0 Å². The maximum atomic E-state index is 5.78. The van der Waals surface area contributed by atoms with E-state index in [1.807, 2.05) is 17.5 Å². The number of hydrogen-bond donors (Lipinski definition) is 1. The molecule has 0 radical (unpaired) electrons. The van der Waals surface area contributed by atoms with Crippen molar-refractivity contribution in [3.8, 4) is 0 Å². The van der Waals surface area contributed by atoms with Crippen molar-refractivity contribution in [2.24, 2.45) is 0 Å². The van der Waals surface area contributed by atoms with Crippen molar-refractivity contribution in [2.45, 2.75) is 0 Å². The van der Waals surface area contributed by atoms with Gasteiger partial charge in [0.05, 0.1) is 5.69 Å². The number of nitrogens with two attached hydrogens (primary N) is 1. The van der Waals surface area contributed by atoms with Gasteiger partial charge < -0.3 is 5.73 Å². The second-order valence-electron chi connectivity index (χ2n) is 2.77.